The normalized spacial score (nSPS) is 20.9. The molecule has 0 N–H and O–H groups in total. The molecule has 28 heavy (non-hydrogen) atoms. The van der Waals surface area contributed by atoms with Crippen molar-refractivity contribution in [3.05, 3.63) is 90.0 Å². The van der Waals surface area contributed by atoms with E-state index in [9.17, 15) is 4.55 Å². The molecule has 0 aromatic heterocycles. The topological polar surface area (TPSA) is 44.7 Å². The lowest BCUT2D eigenvalue weighted by atomic mass is 9.96. The maximum atomic E-state index is 13.7. The highest BCUT2D eigenvalue weighted by Gasteiger charge is 2.31. The average Bonchev–Trinajstić information content (AvgIpc) is 2.74. The summed E-state index contributed by atoms with van der Waals surface area (Å²) in [6.45, 7) is 0.536. The SMILES string of the molecule is [O-][S+]1(c2ccccc2)=Nc2ccc(OCc3ccccc3)cc2[C@H](CCI)C1. The molecular formula is C23H22INO2S. The summed E-state index contributed by atoms with van der Waals surface area (Å²) in [6, 6.07) is 25.8. The lowest BCUT2D eigenvalue weighted by Gasteiger charge is -2.31. The lowest BCUT2D eigenvalue weighted by Crippen LogP contribution is -2.25. The van der Waals surface area contributed by atoms with Crippen LogP contribution in [0.3, 0.4) is 0 Å². The van der Waals surface area contributed by atoms with Crippen molar-refractivity contribution in [3.63, 3.8) is 0 Å². The Labute approximate surface area is 181 Å². The summed E-state index contributed by atoms with van der Waals surface area (Å²) >= 11 is 2.39. The Bertz CT molecular complexity index is 992. The van der Waals surface area contributed by atoms with Crippen molar-refractivity contribution in [1.29, 1.82) is 0 Å². The van der Waals surface area contributed by atoms with Crippen molar-refractivity contribution in [2.75, 3.05) is 10.2 Å². The molecule has 4 rings (SSSR count). The minimum Gasteiger partial charge on any atom is -0.626 e. The van der Waals surface area contributed by atoms with Gasteiger partial charge in [0.05, 0.1) is 0 Å². The van der Waals surface area contributed by atoms with Crippen LogP contribution in [0.15, 0.2) is 88.1 Å². The van der Waals surface area contributed by atoms with Crippen LogP contribution in [0.25, 0.3) is 0 Å². The molecule has 3 nitrogen and oxygen atoms in total. The van der Waals surface area contributed by atoms with Crippen LogP contribution in [0.4, 0.5) is 5.69 Å². The monoisotopic (exact) mass is 503 g/mol. The molecular weight excluding hydrogens is 481 g/mol. The summed E-state index contributed by atoms with van der Waals surface area (Å²) < 4.78 is 25.4. The van der Waals surface area contributed by atoms with Gasteiger partial charge in [0.1, 0.15) is 28.7 Å². The van der Waals surface area contributed by atoms with Crippen LogP contribution >= 0.6 is 22.6 Å². The first kappa shape index (κ1) is 19.6. The molecule has 3 aromatic carbocycles. The number of hydrogen-bond donors (Lipinski definition) is 0. The van der Waals surface area contributed by atoms with Crippen molar-refractivity contribution in [2.24, 2.45) is 4.36 Å². The predicted octanol–water partition coefficient (Wildman–Crippen LogP) is 6.35. The van der Waals surface area contributed by atoms with E-state index in [1.165, 1.54) is 0 Å². The second-order valence-corrected chi connectivity index (χ2v) is 10.2. The molecule has 0 aliphatic carbocycles. The second kappa shape index (κ2) is 8.76. The van der Waals surface area contributed by atoms with Crippen molar-refractivity contribution in [1.82, 2.24) is 0 Å². The Morgan fingerprint density at radius 2 is 1.71 bits per heavy atom. The van der Waals surface area contributed by atoms with E-state index in [-0.39, 0.29) is 5.92 Å². The number of fused-ring (bicyclic) bond motifs is 1. The van der Waals surface area contributed by atoms with E-state index >= 15 is 0 Å². The van der Waals surface area contributed by atoms with E-state index in [0.717, 1.165) is 38.3 Å². The number of ether oxygens (including phenoxy) is 1. The number of benzene rings is 3. The summed E-state index contributed by atoms with van der Waals surface area (Å²) in [6.07, 6.45) is 0.981. The summed E-state index contributed by atoms with van der Waals surface area (Å²) in [7, 11) is -2.44. The number of halogens is 1. The van der Waals surface area contributed by atoms with Crippen LogP contribution in [-0.4, -0.2) is 14.7 Å². The number of nitrogens with zero attached hydrogens (tertiary/aromatic N) is 1. The first-order valence-electron chi connectivity index (χ1n) is 9.34. The number of rotatable bonds is 6. The van der Waals surface area contributed by atoms with Gasteiger partial charge in [-0.3, -0.25) is 0 Å². The molecule has 3 aromatic rings. The zero-order valence-corrected chi connectivity index (χ0v) is 18.4. The Hall–Kier alpha value is -1.70. The molecule has 0 spiro atoms. The largest absolute Gasteiger partial charge is 0.626 e. The van der Waals surface area contributed by atoms with Gasteiger partial charge in [-0.25, -0.2) is 0 Å². The smallest absolute Gasteiger partial charge is 0.136 e. The average molecular weight is 503 g/mol. The molecule has 0 saturated carbocycles. The van der Waals surface area contributed by atoms with Crippen LogP contribution in [0.5, 0.6) is 5.75 Å². The van der Waals surface area contributed by atoms with Crippen LogP contribution in [0, 0.1) is 0 Å². The van der Waals surface area contributed by atoms with E-state index in [2.05, 4.69) is 40.8 Å². The molecule has 0 saturated heterocycles. The molecule has 1 heterocycles. The third-order valence-corrected chi connectivity index (χ3v) is 7.91. The lowest BCUT2D eigenvalue weighted by molar-refractivity contribution is 0.306. The summed E-state index contributed by atoms with van der Waals surface area (Å²) in [5.74, 6) is 1.62. The first-order valence-corrected chi connectivity index (χ1v) is 12.6. The standard InChI is InChI=1S/C23H22INO2S/c24-14-13-19-17-28(26,21-9-5-2-6-10-21)25-23-12-11-20(15-22(19)23)27-16-18-7-3-1-4-8-18/h1-12,15,19H,13-14,16-17H2/t19-,28?/m1/s1. The predicted molar refractivity (Wildman–Crippen MR) is 123 cm³/mol. The Balaban J connectivity index is 1.65. The molecule has 0 radical (unpaired) electrons. The van der Waals surface area contributed by atoms with Crippen LogP contribution in [0.2, 0.25) is 0 Å². The maximum absolute atomic E-state index is 13.7. The minimum absolute atomic E-state index is 0.220. The van der Waals surface area contributed by atoms with Crippen LogP contribution in [0.1, 0.15) is 23.5 Å². The molecule has 144 valence electrons. The molecule has 1 aliphatic heterocycles. The minimum atomic E-state index is -2.44. The van der Waals surface area contributed by atoms with E-state index in [1.54, 1.807) is 0 Å². The highest BCUT2D eigenvalue weighted by atomic mass is 127. The van der Waals surface area contributed by atoms with Gasteiger partial charge in [0.25, 0.3) is 0 Å². The Morgan fingerprint density at radius 1 is 1.00 bits per heavy atom. The number of alkyl halides is 1. The Kier molecular flexibility index (Phi) is 6.13. The summed E-state index contributed by atoms with van der Waals surface area (Å²) in [4.78, 5) is 0.823. The summed E-state index contributed by atoms with van der Waals surface area (Å²) in [5, 5.41) is 0. The quantitative estimate of drug-likeness (QED) is 0.224. The van der Waals surface area contributed by atoms with Gasteiger partial charge >= 0.3 is 0 Å². The fraction of sp³-hybridized carbons (Fsp3) is 0.217. The van der Waals surface area contributed by atoms with Gasteiger partial charge in [-0.05, 0) is 58.0 Å². The van der Waals surface area contributed by atoms with E-state index < -0.39 is 10.1 Å². The highest BCUT2D eigenvalue weighted by Crippen LogP contribution is 2.43. The van der Waals surface area contributed by atoms with E-state index in [0.29, 0.717) is 12.4 Å². The molecule has 5 heteroatoms. The van der Waals surface area contributed by atoms with Crippen molar-refractivity contribution in [3.8, 4) is 5.75 Å². The fourth-order valence-corrected chi connectivity index (χ4v) is 6.57. The molecule has 0 amide bonds. The van der Waals surface area contributed by atoms with Gasteiger partial charge in [0.2, 0.25) is 0 Å². The fourth-order valence-electron chi connectivity index (χ4n) is 3.48. The molecule has 0 fully saturated rings. The van der Waals surface area contributed by atoms with Gasteiger partial charge < -0.3 is 9.29 Å². The third kappa shape index (κ3) is 4.31. The zero-order chi connectivity index (χ0) is 19.4. The summed E-state index contributed by atoms with van der Waals surface area (Å²) in [5.41, 5.74) is 3.12. The van der Waals surface area contributed by atoms with Crippen molar-refractivity contribution in [2.45, 2.75) is 23.8 Å². The second-order valence-electron chi connectivity index (χ2n) is 6.88. The van der Waals surface area contributed by atoms with E-state index in [1.807, 2.05) is 60.7 Å². The maximum Gasteiger partial charge on any atom is 0.136 e. The first-order chi connectivity index (χ1) is 13.7. The third-order valence-electron chi connectivity index (χ3n) is 4.93. The molecule has 1 aliphatic rings. The van der Waals surface area contributed by atoms with Crippen LogP contribution < -0.4 is 4.74 Å². The van der Waals surface area contributed by atoms with Gasteiger partial charge in [-0.15, -0.1) is 4.36 Å². The molecule has 2 atom stereocenters. The zero-order valence-electron chi connectivity index (χ0n) is 15.5. The van der Waals surface area contributed by atoms with Gasteiger partial charge in [-0.1, -0.05) is 71.1 Å². The molecule has 1 unspecified atom stereocenters. The number of hydrogen-bond acceptors (Lipinski definition) is 3. The van der Waals surface area contributed by atoms with Crippen molar-refractivity contribution >= 4 is 38.4 Å². The van der Waals surface area contributed by atoms with Gasteiger partial charge in [0, 0.05) is 10.3 Å². The Morgan fingerprint density at radius 3 is 2.43 bits per heavy atom. The van der Waals surface area contributed by atoms with Gasteiger partial charge in [0.15, 0.2) is 0 Å². The molecule has 0 bridgehead atoms. The van der Waals surface area contributed by atoms with E-state index in [4.69, 9.17) is 9.10 Å². The van der Waals surface area contributed by atoms with Crippen molar-refractivity contribution < 1.29 is 9.29 Å². The highest BCUT2D eigenvalue weighted by molar-refractivity contribution is 14.1. The van der Waals surface area contributed by atoms with Gasteiger partial charge in [-0.2, -0.15) is 0 Å². The van der Waals surface area contributed by atoms with Crippen LogP contribution in [-0.2, 0) is 16.7 Å².